The van der Waals surface area contributed by atoms with Crippen LogP contribution in [0.3, 0.4) is 0 Å². The van der Waals surface area contributed by atoms with Gasteiger partial charge in [0.2, 0.25) is 0 Å². The zero-order valence-corrected chi connectivity index (χ0v) is 23.7. The fourth-order valence-electron chi connectivity index (χ4n) is 3.72. The highest BCUT2D eigenvalue weighted by Gasteiger charge is 2.31. The maximum atomic E-state index is 14.0. The van der Waals surface area contributed by atoms with Gasteiger partial charge in [0.15, 0.2) is 0 Å². The maximum absolute atomic E-state index is 14.0. The van der Waals surface area contributed by atoms with E-state index in [0.717, 1.165) is 6.04 Å². The van der Waals surface area contributed by atoms with Gasteiger partial charge in [0.1, 0.15) is 19.1 Å². The fourth-order valence-corrected chi connectivity index (χ4v) is 5.08. The number of amides is 1. The number of hydrogen-bond donors (Lipinski definition) is 2. The molecule has 11 heteroatoms. The predicted molar refractivity (Wildman–Crippen MR) is 141 cm³/mol. The molecule has 2 aromatic carbocycles. The highest BCUT2D eigenvalue weighted by molar-refractivity contribution is 9.10. The number of methoxy groups -OCH3 is 1. The van der Waals surface area contributed by atoms with E-state index in [-0.39, 0.29) is 12.3 Å². The zero-order chi connectivity index (χ0) is 26.7. The van der Waals surface area contributed by atoms with Crippen molar-refractivity contribution in [3.63, 3.8) is 0 Å². The molecule has 0 saturated heterocycles. The van der Waals surface area contributed by atoms with Crippen LogP contribution in [-0.4, -0.2) is 49.2 Å². The highest BCUT2D eigenvalue weighted by Crippen LogP contribution is 2.36. The van der Waals surface area contributed by atoms with Crippen LogP contribution in [-0.2, 0) is 17.4 Å². The first-order valence-electron chi connectivity index (χ1n) is 11.6. The smallest absolute Gasteiger partial charge is 0.295 e. The first-order chi connectivity index (χ1) is 16.9. The van der Waals surface area contributed by atoms with Gasteiger partial charge in [0.25, 0.3) is 11.8 Å². The second kappa shape index (κ2) is 11.4. The first kappa shape index (κ1) is 28.2. The highest BCUT2D eigenvalue weighted by atomic mass is 79.9. The molecule has 1 atom stereocenters. The number of alkyl halides is 2. The molecular weight excluding hydrogens is 552 g/mol. The maximum Gasteiger partial charge on any atom is 0.295 e. The van der Waals surface area contributed by atoms with Gasteiger partial charge in [-0.2, -0.15) is 13.9 Å². The van der Waals surface area contributed by atoms with E-state index in [9.17, 15) is 13.6 Å². The van der Waals surface area contributed by atoms with Crippen molar-refractivity contribution < 1.29 is 28.2 Å². The Hall–Kier alpha value is -2.34. The Kier molecular flexibility index (Phi) is 8.91. The standard InChI is InChI=1S/C25H32BrF2N3O4Si/c1-16(17-7-6-8-18(11-17)25(27,28)14-32)30-24(33)19-12-21(26)23(34-2)20-13-29-31(22(19)20)15-35-9-10-36(3,4)5/h6-8,11-13,16,32H,9-10,14-15H2,1-5H3,(H,30,33)/t16-/m0/s1. The van der Waals surface area contributed by atoms with Crippen LogP contribution >= 0.6 is 15.9 Å². The van der Waals surface area contributed by atoms with Crippen molar-refractivity contribution in [2.75, 3.05) is 20.3 Å². The van der Waals surface area contributed by atoms with E-state index in [0.29, 0.717) is 38.9 Å². The minimum Gasteiger partial charge on any atom is -0.495 e. The normalized spacial score (nSPS) is 13.1. The van der Waals surface area contributed by atoms with Crippen molar-refractivity contribution >= 4 is 40.8 Å². The van der Waals surface area contributed by atoms with E-state index in [4.69, 9.17) is 14.6 Å². The lowest BCUT2D eigenvalue weighted by molar-refractivity contribution is -0.0556. The Morgan fingerprint density at radius 2 is 2.03 bits per heavy atom. The molecule has 0 saturated carbocycles. The number of carbonyl (C=O) groups is 1. The minimum absolute atomic E-state index is 0.173. The molecule has 0 aliphatic carbocycles. The Bertz CT molecular complexity index is 1230. The monoisotopic (exact) mass is 583 g/mol. The van der Waals surface area contributed by atoms with Gasteiger partial charge < -0.3 is 19.9 Å². The lowest BCUT2D eigenvalue weighted by Gasteiger charge is -2.19. The molecule has 0 radical (unpaired) electrons. The number of nitrogens with one attached hydrogen (secondary N) is 1. The Morgan fingerprint density at radius 1 is 1.31 bits per heavy atom. The zero-order valence-electron chi connectivity index (χ0n) is 21.1. The van der Waals surface area contributed by atoms with Gasteiger partial charge in [-0.05, 0) is 46.6 Å². The Morgan fingerprint density at radius 3 is 2.67 bits per heavy atom. The molecule has 0 aliphatic heterocycles. The van der Waals surface area contributed by atoms with Crippen LogP contribution in [0.15, 0.2) is 41.0 Å². The van der Waals surface area contributed by atoms with Crippen molar-refractivity contribution in [3.05, 3.63) is 57.7 Å². The van der Waals surface area contributed by atoms with Crippen LogP contribution in [0.5, 0.6) is 5.75 Å². The Labute approximate surface area is 218 Å². The number of rotatable bonds is 11. The number of aliphatic hydroxyl groups excluding tert-OH is 1. The molecule has 0 unspecified atom stereocenters. The number of halogens is 3. The average molecular weight is 585 g/mol. The number of aliphatic hydroxyl groups is 1. The van der Waals surface area contributed by atoms with Crippen LogP contribution in [0, 0.1) is 0 Å². The number of hydrogen-bond acceptors (Lipinski definition) is 5. The summed E-state index contributed by atoms with van der Waals surface area (Å²) in [5, 5.41) is 17.0. The molecule has 196 valence electrons. The number of benzene rings is 2. The molecule has 7 nitrogen and oxygen atoms in total. The summed E-state index contributed by atoms with van der Waals surface area (Å²) in [4.78, 5) is 13.4. The van der Waals surface area contributed by atoms with E-state index in [2.05, 4.69) is 46.0 Å². The summed E-state index contributed by atoms with van der Waals surface area (Å²) in [7, 11) is 0.281. The molecule has 0 bridgehead atoms. The molecule has 3 rings (SSSR count). The fraction of sp³-hybridized carbons (Fsp3) is 0.440. The Balaban J connectivity index is 1.90. The topological polar surface area (TPSA) is 85.6 Å². The number of ether oxygens (including phenoxy) is 2. The summed E-state index contributed by atoms with van der Waals surface area (Å²) >= 11 is 3.47. The van der Waals surface area contributed by atoms with Crippen molar-refractivity contribution in [1.29, 1.82) is 0 Å². The van der Waals surface area contributed by atoms with Crippen LogP contribution in [0.2, 0.25) is 25.7 Å². The van der Waals surface area contributed by atoms with E-state index in [1.54, 1.807) is 29.9 Å². The average Bonchev–Trinajstić information content (AvgIpc) is 3.24. The second-order valence-corrected chi connectivity index (χ2v) is 16.4. The van der Waals surface area contributed by atoms with Crippen LogP contribution in [0.1, 0.15) is 34.5 Å². The molecule has 1 heterocycles. The van der Waals surface area contributed by atoms with E-state index in [1.165, 1.54) is 25.3 Å². The molecule has 0 spiro atoms. The summed E-state index contributed by atoms with van der Waals surface area (Å²) in [6.45, 7) is 8.00. The third kappa shape index (κ3) is 6.50. The van der Waals surface area contributed by atoms with Gasteiger partial charge in [0, 0.05) is 20.2 Å². The largest absolute Gasteiger partial charge is 0.495 e. The quantitative estimate of drug-likeness (QED) is 0.223. The summed E-state index contributed by atoms with van der Waals surface area (Å²) in [5.41, 5.74) is 1.06. The molecular formula is C25H32BrF2N3O4Si. The van der Waals surface area contributed by atoms with Crippen LogP contribution in [0.25, 0.3) is 10.9 Å². The number of carbonyl (C=O) groups excluding carboxylic acids is 1. The van der Waals surface area contributed by atoms with Gasteiger partial charge in [-0.1, -0.05) is 37.8 Å². The SMILES string of the molecule is COc1c(Br)cc(C(=O)N[C@@H](C)c2cccc(C(F)(F)CO)c2)c2c1cnn2COCC[Si](C)(C)C. The lowest BCUT2D eigenvalue weighted by atomic mass is 10.0. The number of aromatic nitrogens is 2. The van der Waals surface area contributed by atoms with Crippen LogP contribution < -0.4 is 10.1 Å². The summed E-state index contributed by atoms with van der Waals surface area (Å²) in [6, 6.07) is 7.74. The van der Waals surface area contributed by atoms with Crippen molar-refractivity contribution in [2.45, 2.75) is 51.3 Å². The number of fused-ring (bicyclic) bond motifs is 1. The first-order valence-corrected chi connectivity index (χ1v) is 16.1. The molecule has 1 aromatic heterocycles. The van der Waals surface area contributed by atoms with Crippen LogP contribution in [0.4, 0.5) is 8.78 Å². The summed E-state index contributed by atoms with van der Waals surface area (Å²) in [6.07, 6.45) is 1.63. The lowest BCUT2D eigenvalue weighted by Crippen LogP contribution is -2.28. The van der Waals surface area contributed by atoms with Crippen molar-refractivity contribution in [2.24, 2.45) is 0 Å². The van der Waals surface area contributed by atoms with Gasteiger partial charge in [-0.3, -0.25) is 4.79 Å². The van der Waals surface area contributed by atoms with Crippen molar-refractivity contribution in [1.82, 2.24) is 15.1 Å². The van der Waals surface area contributed by atoms with Gasteiger partial charge in [0.05, 0.1) is 40.3 Å². The summed E-state index contributed by atoms with van der Waals surface area (Å²) < 4.78 is 41.5. The third-order valence-corrected chi connectivity index (χ3v) is 8.13. The van der Waals surface area contributed by atoms with Gasteiger partial charge >= 0.3 is 0 Å². The second-order valence-electron chi connectivity index (χ2n) is 9.88. The van der Waals surface area contributed by atoms with E-state index < -0.39 is 32.6 Å². The van der Waals surface area contributed by atoms with Crippen molar-refractivity contribution in [3.8, 4) is 5.75 Å². The molecule has 1 amide bonds. The van der Waals surface area contributed by atoms with E-state index >= 15 is 0 Å². The predicted octanol–water partition coefficient (Wildman–Crippen LogP) is 5.69. The summed E-state index contributed by atoms with van der Waals surface area (Å²) in [5.74, 6) is -3.23. The molecule has 2 N–H and O–H groups in total. The number of nitrogens with zero attached hydrogens (tertiary/aromatic N) is 2. The third-order valence-electron chi connectivity index (χ3n) is 5.84. The van der Waals surface area contributed by atoms with Gasteiger partial charge in [-0.25, -0.2) is 4.68 Å². The molecule has 36 heavy (non-hydrogen) atoms. The molecule has 0 aliphatic rings. The minimum atomic E-state index is -3.37. The molecule has 0 fully saturated rings. The van der Waals surface area contributed by atoms with Gasteiger partial charge in [-0.15, -0.1) is 0 Å². The molecule has 3 aromatic rings. The van der Waals surface area contributed by atoms with E-state index in [1.807, 2.05) is 0 Å².